The maximum Gasteiger partial charge on any atom is 0.349 e. The summed E-state index contributed by atoms with van der Waals surface area (Å²) in [5.41, 5.74) is 2.77. The average molecular weight is 582 g/mol. The van der Waals surface area contributed by atoms with Gasteiger partial charge in [-0.3, -0.25) is 14.3 Å². The molecule has 4 aromatic rings. The minimum atomic E-state index is -4.88. The number of carbonyl (C=O) groups excluding carboxylic acids is 2. The van der Waals surface area contributed by atoms with Crippen molar-refractivity contribution in [2.24, 2.45) is 0 Å². The number of benzene rings is 4. The molecule has 2 fully saturated rings. The number of amides is 3. The van der Waals surface area contributed by atoms with Crippen LogP contribution in [0.3, 0.4) is 0 Å². The number of piperazine rings is 1. The fourth-order valence-corrected chi connectivity index (χ4v) is 7.74. The average Bonchev–Trinajstić information content (AvgIpc) is 3.30. The largest absolute Gasteiger partial charge is 0.349 e. The van der Waals surface area contributed by atoms with E-state index < -0.39 is 31.4 Å². The summed E-state index contributed by atoms with van der Waals surface area (Å²) >= 11 is 0. The quantitative estimate of drug-likeness (QED) is 0.274. The van der Waals surface area contributed by atoms with E-state index in [2.05, 4.69) is 0 Å². The number of likely N-dealkylation sites (tertiary alicyclic amines) is 1. The third kappa shape index (κ3) is 5.25. The Morgan fingerprint density at radius 2 is 1.17 bits per heavy atom. The molecule has 2 N–H and O–H groups in total. The number of urea groups is 1. The lowest BCUT2D eigenvalue weighted by molar-refractivity contribution is -0.136. The van der Waals surface area contributed by atoms with E-state index in [1.807, 2.05) is 121 Å². The predicted octanol–water partition coefficient (Wildman–Crippen LogP) is 5.96. The maximum absolute atomic E-state index is 14.4. The molecule has 8 nitrogen and oxygen atoms in total. The lowest BCUT2D eigenvalue weighted by Crippen LogP contribution is -2.64. The van der Waals surface area contributed by atoms with Crippen LogP contribution in [0.1, 0.15) is 29.9 Å². The van der Waals surface area contributed by atoms with Gasteiger partial charge in [-0.1, -0.05) is 97.1 Å². The molecule has 2 saturated heterocycles. The lowest BCUT2D eigenvalue weighted by Gasteiger charge is -2.48. The van der Waals surface area contributed by atoms with Crippen molar-refractivity contribution < 1.29 is 23.9 Å². The second-order valence-electron chi connectivity index (χ2n) is 10.7. The monoisotopic (exact) mass is 581 g/mol. The molecule has 0 unspecified atom stereocenters. The molecule has 2 heterocycles. The smallest absolute Gasteiger partial charge is 0.323 e. The van der Waals surface area contributed by atoms with Gasteiger partial charge < -0.3 is 19.6 Å². The Hall–Kier alpha value is -4.23. The van der Waals surface area contributed by atoms with E-state index in [0.29, 0.717) is 24.2 Å². The van der Waals surface area contributed by atoms with Gasteiger partial charge in [0, 0.05) is 6.54 Å². The Balaban J connectivity index is 1.39. The molecule has 3 amide bonds. The van der Waals surface area contributed by atoms with Crippen LogP contribution < -0.4 is 4.90 Å². The van der Waals surface area contributed by atoms with E-state index in [0.717, 1.165) is 11.1 Å². The zero-order valence-corrected chi connectivity index (χ0v) is 23.8. The van der Waals surface area contributed by atoms with Crippen LogP contribution in [-0.2, 0) is 9.36 Å². The van der Waals surface area contributed by atoms with Crippen LogP contribution in [-0.4, -0.2) is 55.9 Å². The number of nitrogens with zero attached hydrogens (tertiary/aromatic N) is 3. The van der Waals surface area contributed by atoms with Crippen LogP contribution in [0.4, 0.5) is 16.2 Å². The molecule has 0 aliphatic carbocycles. The van der Waals surface area contributed by atoms with Crippen molar-refractivity contribution in [2.45, 2.75) is 36.6 Å². The molecule has 2 aliphatic heterocycles. The van der Waals surface area contributed by atoms with Crippen molar-refractivity contribution >= 4 is 30.9 Å². The molecule has 2 bridgehead atoms. The van der Waals surface area contributed by atoms with Crippen molar-refractivity contribution in [1.82, 2.24) is 9.80 Å². The van der Waals surface area contributed by atoms with Crippen LogP contribution in [0, 0.1) is 0 Å². The minimum Gasteiger partial charge on any atom is -0.323 e. The van der Waals surface area contributed by atoms with E-state index in [4.69, 9.17) is 0 Å². The Bertz CT molecular complexity index is 1500. The predicted molar refractivity (Wildman–Crippen MR) is 161 cm³/mol. The third-order valence-corrected chi connectivity index (χ3v) is 9.51. The molecule has 4 aromatic carbocycles. The van der Waals surface area contributed by atoms with Crippen molar-refractivity contribution in [3.05, 3.63) is 132 Å². The van der Waals surface area contributed by atoms with Gasteiger partial charge in [-0.2, -0.15) is 0 Å². The number of carbonyl (C=O) groups is 2. The number of para-hydroxylation sites is 2. The fraction of sp³-hybridized carbons (Fsp3) is 0.212. The first-order valence-corrected chi connectivity index (χ1v) is 15.7. The highest BCUT2D eigenvalue weighted by Gasteiger charge is 2.57. The van der Waals surface area contributed by atoms with Gasteiger partial charge in [0.1, 0.15) is 0 Å². The standard InChI is InChI=1S/C33H32N3O5P/c37-31(30(24-13-5-1-6-14-24)25-15-7-2-8-16-25)34-23-28-21-22-29(32(34)42(39,40)41)36(28)33(38)35(26-17-9-3-10-18-26)27-19-11-4-12-20-27/h1-20,28-30,32H,21-23H2,(H2,39,40,41)/t28-,29+,32+/m0/s1. The molecule has 0 spiro atoms. The molecular weight excluding hydrogens is 549 g/mol. The summed E-state index contributed by atoms with van der Waals surface area (Å²) in [6.07, 6.45) is 0.921. The van der Waals surface area contributed by atoms with E-state index in [1.54, 1.807) is 9.80 Å². The number of hydrogen-bond acceptors (Lipinski definition) is 3. The molecule has 214 valence electrons. The highest BCUT2D eigenvalue weighted by atomic mass is 31.2. The van der Waals surface area contributed by atoms with Crippen LogP contribution in [0.2, 0.25) is 0 Å². The summed E-state index contributed by atoms with van der Waals surface area (Å²) in [7, 11) is -4.88. The maximum atomic E-state index is 14.4. The van der Waals surface area contributed by atoms with E-state index in [1.165, 1.54) is 4.90 Å². The van der Waals surface area contributed by atoms with Gasteiger partial charge in [0.25, 0.3) is 0 Å². The highest BCUT2D eigenvalue weighted by molar-refractivity contribution is 7.52. The van der Waals surface area contributed by atoms with Gasteiger partial charge >= 0.3 is 13.6 Å². The Kier molecular flexibility index (Phi) is 7.69. The van der Waals surface area contributed by atoms with Crippen molar-refractivity contribution in [1.29, 1.82) is 0 Å². The van der Waals surface area contributed by atoms with Crippen LogP contribution in [0.15, 0.2) is 121 Å². The van der Waals surface area contributed by atoms with Gasteiger partial charge in [-0.25, -0.2) is 4.79 Å². The van der Waals surface area contributed by atoms with E-state index in [9.17, 15) is 23.9 Å². The molecule has 9 heteroatoms. The van der Waals surface area contributed by atoms with Crippen LogP contribution >= 0.6 is 7.60 Å². The van der Waals surface area contributed by atoms with Gasteiger partial charge in [0.05, 0.1) is 29.4 Å². The molecule has 3 atom stereocenters. The minimum absolute atomic E-state index is 0.0322. The summed E-state index contributed by atoms with van der Waals surface area (Å²) in [6, 6.07) is 35.4. The Morgan fingerprint density at radius 1 is 0.714 bits per heavy atom. The van der Waals surface area contributed by atoms with Crippen molar-refractivity contribution in [3.8, 4) is 0 Å². The van der Waals surface area contributed by atoms with Gasteiger partial charge in [-0.15, -0.1) is 0 Å². The molecule has 0 aromatic heterocycles. The molecular formula is C33H32N3O5P. The lowest BCUT2D eigenvalue weighted by atomic mass is 9.89. The molecule has 0 radical (unpaired) electrons. The number of rotatable bonds is 6. The molecule has 6 rings (SSSR count). The van der Waals surface area contributed by atoms with Crippen LogP contribution in [0.25, 0.3) is 0 Å². The van der Waals surface area contributed by atoms with Crippen LogP contribution in [0.5, 0.6) is 0 Å². The summed E-state index contributed by atoms with van der Waals surface area (Å²) in [4.78, 5) is 54.8. The zero-order chi connectivity index (χ0) is 29.3. The second-order valence-corrected chi connectivity index (χ2v) is 12.4. The SMILES string of the molecule is O=C(C(c1ccccc1)c1ccccc1)N1C[C@@H]2CC[C@H]([C@H]1P(=O)(O)O)N2C(=O)N(c1ccccc1)c1ccccc1. The topological polar surface area (TPSA) is 101 Å². The summed E-state index contributed by atoms with van der Waals surface area (Å²) in [6.45, 7) is 0.0322. The van der Waals surface area contributed by atoms with E-state index >= 15 is 0 Å². The fourth-order valence-electron chi connectivity index (χ4n) is 6.42. The number of hydrogen-bond donors (Lipinski definition) is 2. The second kappa shape index (κ2) is 11.6. The molecule has 42 heavy (non-hydrogen) atoms. The van der Waals surface area contributed by atoms with Crippen molar-refractivity contribution in [3.63, 3.8) is 0 Å². The van der Waals surface area contributed by atoms with Crippen molar-refractivity contribution in [2.75, 3.05) is 11.4 Å². The molecule has 0 saturated carbocycles. The summed E-state index contributed by atoms with van der Waals surface area (Å²) < 4.78 is 13.2. The summed E-state index contributed by atoms with van der Waals surface area (Å²) in [5, 5.41) is 0. The van der Waals surface area contributed by atoms with Gasteiger partial charge in [0.15, 0.2) is 5.78 Å². The highest BCUT2D eigenvalue weighted by Crippen LogP contribution is 2.53. The number of anilines is 2. The van der Waals surface area contributed by atoms with Gasteiger partial charge in [0.2, 0.25) is 5.91 Å². The number of fused-ring (bicyclic) bond motifs is 2. The zero-order valence-electron chi connectivity index (χ0n) is 22.9. The summed E-state index contributed by atoms with van der Waals surface area (Å²) in [5.74, 6) is -2.59. The van der Waals surface area contributed by atoms with E-state index in [-0.39, 0.29) is 18.5 Å². The van der Waals surface area contributed by atoms with Gasteiger partial charge in [-0.05, 0) is 48.2 Å². The molecule has 2 aliphatic rings. The Labute approximate surface area is 245 Å². The Morgan fingerprint density at radius 3 is 1.62 bits per heavy atom. The first-order chi connectivity index (χ1) is 20.3. The normalized spacial score (nSPS) is 20.0. The third-order valence-electron chi connectivity index (χ3n) is 8.20. The first kappa shape index (κ1) is 27.9. The first-order valence-electron chi connectivity index (χ1n) is 14.0.